The Labute approximate surface area is 105 Å². The van der Waals surface area contributed by atoms with Gasteiger partial charge in [0.25, 0.3) is 0 Å². The first kappa shape index (κ1) is 12.8. The highest BCUT2D eigenvalue weighted by Crippen LogP contribution is 2.18. The van der Waals surface area contributed by atoms with Crippen LogP contribution < -0.4 is 0 Å². The van der Waals surface area contributed by atoms with Gasteiger partial charge in [-0.1, -0.05) is 41.4 Å². The molecule has 0 saturated carbocycles. The molecular weight excluding hydrogens is 245 g/mol. The van der Waals surface area contributed by atoms with E-state index >= 15 is 0 Å². The molecule has 0 unspecified atom stereocenters. The first-order valence-corrected chi connectivity index (χ1v) is 5.39. The maximum atomic E-state index is 8.59. The number of rotatable bonds is 3. The van der Waals surface area contributed by atoms with E-state index < -0.39 is 0 Å². The van der Waals surface area contributed by atoms with Gasteiger partial charge in [0.2, 0.25) is 0 Å². The number of aliphatic hydroxyl groups excluding tert-OH is 1. The number of allylic oxidation sites excluding steroid dienone is 2. The fourth-order valence-electron chi connectivity index (χ4n) is 1.15. The highest BCUT2D eigenvalue weighted by Gasteiger charge is 1.98. The van der Waals surface area contributed by atoms with Crippen LogP contribution in [0.2, 0.25) is 5.02 Å². The predicted octanol–water partition coefficient (Wildman–Crippen LogP) is 4.41. The van der Waals surface area contributed by atoms with Crippen molar-refractivity contribution in [1.29, 1.82) is 0 Å². The summed E-state index contributed by atoms with van der Waals surface area (Å²) in [4.78, 5) is 3.86. The van der Waals surface area contributed by atoms with Gasteiger partial charge >= 0.3 is 0 Å². The maximum Gasteiger partial charge on any atom is 0.163 e. The zero-order valence-electron chi connectivity index (χ0n) is 8.69. The van der Waals surface area contributed by atoms with E-state index in [1.54, 1.807) is 12.3 Å². The molecule has 0 aliphatic heterocycles. The number of halogens is 2. The third-order valence-electron chi connectivity index (χ3n) is 1.90. The lowest BCUT2D eigenvalue weighted by Gasteiger charge is -2.01. The third kappa shape index (κ3) is 3.72. The summed E-state index contributed by atoms with van der Waals surface area (Å²) in [6.07, 6.45) is 4.20. The summed E-state index contributed by atoms with van der Waals surface area (Å²) >= 11 is 11.4. The first-order chi connectivity index (χ1) is 7.67. The lowest BCUT2D eigenvalue weighted by Crippen LogP contribution is -1.85. The van der Waals surface area contributed by atoms with Crippen LogP contribution in [0.25, 0.3) is 5.57 Å². The number of hydrogen-bond donors (Lipinski definition) is 1. The molecule has 2 nitrogen and oxygen atoms in total. The third-order valence-corrected chi connectivity index (χ3v) is 2.33. The van der Waals surface area contributed by atoms with E-state index in [9.17, 15) is 0 Å². The van der Waals surface area contributed by atoms with E-state index in [1.165, 1.54) is 0 Å². The van der Waals surface area contributed by atoms with Gasteiger partial charge in [-0.3, -0.25) is 0 Å². The number of nitrogens with zero attached hydrogens (tertiary/aromatic N) is 1. The molecule has 0 spiro atoms. The van der Waals surface area contributed by atoms with Gasteiger partial charge in [0.15, 0.2) is 5.16 Å². The Morgan fingerprint density at radius 2 is 2.19 bits per heavy atom. The number of benzene rings is 1. The van der Waals surface area contributed by atoms with E-state index in [0.717, 1.165) is 17.4 Å². The average Bonchev–Trinajstić information content (AvgIpc) is 2.29. The average molecular weight is 256 g/mol. The highest BCUT2D eigenvalue weighted by atomic mass is 35.5. The van der Waals surface area contributed by atoms with E-state index in [1.807, 2.05) is 31.2 Å². The van der Waals surface area contributed by atoms with Crippen molar-refractivity contribution in [2.24, 2.45) is 4.99 Å². The lowest BCUT2D eigenvalue weighted by molar-refractivity contribution is 0.470. The SMILES string of the molecule is C\C=C(/C=N\C(Cl)=C\O)c1cccc(Cl)c1. The number of hydrogen-bond acceptors (Lipinski definition) is 2. The van der Waals surface area contributed by atoms with Gasteiger partial charge in [0, 0.05) is 11.2 Å². The summed E-state index contributed by atoms with van der Waals surface area (Å²) in [6.45, 7) is 1.89. The lowest BCUT2D eigenvalue weighted by atomic mass is 10.1. The largest absolute Gasteiger partial charge is 0.512 e. The van der Waals surface area contributed by atoms with Crippen molar-refractivity contribution in [2.75, 3.05) is 0 Å². The Bertz CT molecular complexity index is 450. The molecule has 1 aromatic rings. The summed E-state index contributed by atoms with van der Waals surface area (Å²) in [5.74, 6) is 0. The second kappa shape index (κ2) is 6.36. The fourth-order valence-corrected chi connectivity index (χ4v) is 1.39. The summed E-state index contributed by atoms with van der Waals surface area (Å²) in [6, 6.07) is 7.41. The molecule has 0 aliphatic carbocycles. The summed E-state index contributed by atoms with van der Waals surface area (Å²) in [5, 5.41) is 9.28. The van der Waals surface area contributed by atoms with Crippen molar-refractivity contribution >= 4 is 35.0 Å². The van der Waals surface area contributed by atoms with Crippen molar-refractivity contribution in [3.8, 4) is 0 Å². The minimum absolute atomic E-state index is 0.0291. The van der Waals surface area contributed by atoms with E-state index in [2.05, 4.69) is 4.99 Å². The van der Waals surface area contributed by atoms with E-state index in [0.29, 0.717) is 5.02 Å². The smallest absolute Gasteiger partial charge is 0.163 e. The minimum atomic E-state index is 0.0291. The van der Waals surface area contributed by atoms with Gasteiger partial charge < -0.3 is 5.11 Å². The minimum Gasteiger partial charge on any atom is -0.512 e. The highest BCUT2D eigenvalue weighted by molar-refractivity contribution is 6.31. The van der Waals surface area contributed by atoms with E-state index in [-0.39, 0.29) is 5.16 Å². The van der Waals surface area contributed by atoms with Crippen molar-refractivity contribution in [3.05, 3.63) is 52.3 Å². The molecule has 4 heteroatoms. The molecular formula is C12H11Cl2NO. The van der Waals surface area contributed by atoms with Crippen LogP contribution in [-0.4, -0.2) is 11.3 Å². The summed E-state index contributed by atoms with van der Waals surface area (Å²) in [5.41, 5.74) is 1.82. The molecule has 0 aliphatic rings. The van der Waals surface area contributed by atoms with Crippen molar-refractivity contribution in [2.45, 2.75) is 6.92 Å². The second-order valence-corrected chi connectivity index (χ2v) is 3.79. The normalized spacial score (nSPS) is 13.4. The van der Waals surface area contributed by atoms with Crippen LogP contribution in [0, 0.1) is 0 Å². The van der Waals surface area contributed by atoms with Crippen molar-refractivity contribution in [3.63, 3.8) is 0 Å². The first-order valence-electron chi connectivity index (χ1n) is 4.63. The topological polar surface area (TPSA) is 32.6 Å². The van der Waals surface area contributed by atoms with Gasteiger partial charge in [-0.2, -0.15) is 0 Å². The number of aliphatic imine (C=N–C) groups is 1. The molecule has 1 N–H and O–H groups in total. The van der Waals surface area contributed by atoms with Crippen LogP contribution in [0.3, 0.4) is 0 Å². The standard InChI is InChI=1S/C12H11Cl2NO/c1-2-9(7-15-12(14)8-16)10-4-3-5-11(13)6-10/h2-8,16H,1H3/b9-2+,12-8+,15-7-. The molecule has 0 fully saturated rings. The van der Waals surface area contributed by atoms with Crippen LogP contribution >= 0.6 is 23.2 Å². The van der Waals surface area contributed by atoms with Crippen LogP contribution in [0.1, 0.15) is 12.5 Å². The van der Waals surface area contributed by atoms with Gasteiger partial charge in [-0.15, -0.1) is 0 Å². The Morgan fingerprint density at radius 1 is 1.44 bits per heavy atom. The van der Waals surface area contributed by atoms with Gasteiger partial charge in [-0.25, -0.2) is 4.99 Å². The Balaban J connectivity index is 2.97. The monoisotopic (exact) mass is 255 g/mol. The van der Waals surface area contributed by atoms with Crippen LogP contribution in [0.15, 0.2) is 46.8 Å². The quantitative estimate of drug-likeness (QED) is 0.485. The Morgan fingerprint density at radius 3 is 2.75 bits per heavy atom. The zero-order valence-corrected chi connectivity index (χ0v) is 10.2. The van der Waals surface area contributed by atoms with Crippen LogP contribution in [0.4, 0.5) is 0 Å². The van der Waals surface area contributed by atoms with E-state index in [4.69, 9.17) is 28.3 Å². The Kier molecular flexibility index (Phi) is 5.09. The molecule has 0 atom stereocenters. The molecule has 0 aromatic heterocycles. The Hall–Kier alpha value is -1.25. The van der Waals surface area contributed by atoms with Crippen LogP contribution in [-0.2, 0) is 0 Å². The van der Waals surface area contributed by atoms with Crippen molar-refractivity contribution < 1.29 is 5.11 Å². The fraction of sp³-hybridized carbons (Fsp3) is 0.0833. The second-order valence-electron chi connectivity index (χ2n) is 2.96. The molecule has 1 rings (SSSR count). The van der Waals surface area contributed by atoms with Gasteiger partial charge in [-0.05, 0) is 30.2 Å². The maximum absolute atomic E-state index is 8.59. The summed E-state index contributed by atoms with van der Waals surface area (Å²) in [7, 11) is 0. The van der Waals surface area contributed by atoms with Gasteiger partial charge in [0.1, 0.15) is 6.26 Å². The molecule has 84 valence electrons. The molecule has 16 heavy (non-hydrogen) atoms. The zero-order chi connectivity index (χ0) is 12.0. The molecule has 0 bridgehead atoms. The summed E-state index contributed by atoms with van der Waals surface area (Å²) < 4.78 is 0. The van der Waals surface area contributed by atoms with Gasteiger partial charge in [0.05, 0.1) is 0 Å². The number of aliphatic hydroxyl groups is 1. The van der Waals surface area contributed by atoms with Crippen molar-refractivity contribution in [1.82, 2.24) is 0 Å². The molecule has 0 saturated heterocycles. The predicted molar refractivity (Wildman–Crippen MR) is 70.2 cm³/mol. The van der Waals surface area contributed by atoms with Crippen LogP contribution in [0.5, 0.6) is 0 Å². The molecule has 1 aromatic carbocycles. The molecule has 0 amide bonds. The molecule has 0 radical (unpaired) electrons. The molecule has 0 heterocycles.